The number of nitrogens with zero attached hydrogens (tertiary/aromatic N) is 9. The van der Waals surface area contributed by atoms with E-state index in [9.17, 15) is 15.5 Å². The van der Waals surface area contributed by atoms with Crippen molar-refractivity contribution in [3.8, 4) is 17.4 Å². The lowest BCUT2D eigenvalue weighted by Gasteiger charge is -2.13. The van der Waals surface area contributed by atoms with Crippen LogP contribution in [0.1, 0.15) is 17.0 Å². The molecule has 0 fully saturated rings. The van der Waals surface area contributed by atoms with Gasteiger partial charge in [0, 0.05) is 31.4 Å². The van der Waals surface area contributed by atoms with Crippen LogP contribution in [-0.4, -0.2) is 62.8 Å². The van der Waals surface area contributed by atoms with Crippen LogP contribution in [0.5, 0.6) is 0 Å². The van der Waals surface area contributed by atoms with Crippen molar-refractivity contribution < 1.29 is 10.2 Å². The van der Waals surface area contributed by atoms with Crippen molar-refractivity contribution >= 4 is 27.6 Å². The van der Waals surface area contributed by atoms with Crippen LogP contribution in [0.15, 0.2) is 54.9 Å². The van der Waals surface area contributed by atoms with Crippen LogP contribution >= 0.6 is 0 Å². The second-order valence-electron chi connectivity index (χ2n) is 8.05. The van der Waals surface area contributed by atoms with Gasteiger partial charge in [-0.1, -0.05) is 22.6 Å². The van der Waals surface area contributed by atoms with Crippen molar-refractivity contribution in [2.24, 2.45) is 0 Å². The van der Waals surface area contributed by atoms with E-state index in [1.54, 1.807) is 21.8 Å². The Balaban J connectivity index is 1.70. The van der Waals surface area contributed by atoms with Gasteiger partial charge in [-0.05, 0) is 30.3 Å². The molecule has 6 rings (SSSR count). The van der Waals surface area contributed by atoms with Gasteiger partial charge in [0.05, 0.1) is 51.7 Å². The smallest absolute Gasteiger partial charge is 0.158 e. The van der Waals surface area contributed by atoms with Crippen molar-refractivity contribution in [2.75, 3.05) is 13.2 Å². The van der Waals surface area contributed by atoms with E-state index < -0.39 is 0 Å². The van der Waals surface area contributed by atoms with Gasteiger partial charge in [-0.25, -0.2) is 14.3 Å². The van der Waals surface area contributed by atoms with Crippen LogP contribution in [0.2, 0.25) is 0 Å². The molecule has 0 unspecified atom stereocenters. The molecule has 0 amide bonds. The summed E-state index contributed by atoms with van der Waals surface area (Å²) in [7, 11) is 0. The number of aliphatic hydroxyl groups excluding tert-OH is 2. The minimum absolute atomic E-state index is 0.00542. The highest BCUT2D eigenvalue weighted by Gasteiger charge is 2.21. The summed E-state index contributed by atoms with van der Waals surface area (Å²) in [4.78, 5) is 4.77. The number of pyridine rings is 1. The highest BCUT2D eigenvalue weighted by Crippen LogP contribution is 2.33. The molecule has 0 bridgehead atoms. The second-order valence-corrected chi connectivity index (χ2v) is 8.05. The SMILES string of the molecule is N#Cc1c(-n2cc(CCO)nn2)c2ccc(-n3cc(CCO)nn3)cc2n2c1nc1ccccc12. The molecule has 172 valence electrons. The molecule has 0 spiro atoms. The van der Waals surface area contributed by atoms with E-state index in [2.05, 4.69) is 26.7 Å². The molecule has 0 saturated heterocycles. The fraction of sp³-hybridized carbons (Fsp3) is 0.167. The standard InChI is InChI=1S/C24H19N9O2/c25-12-19-23(32-14-16(8-10-35)28-30-32)18-6-5-17(31-13-15(7-9-34)27-29-31)11-22(18)33-21-4-2-1-3-20(21)26-24(19)33/h1-6,11,13-14,34-35H,7-10H2. The van der Waals surface area contributed by atoms with E-state index >= 15 is 0 Å². The normalized spacial score (nSPS) is 11.6. The third kappa shape index (κ3) is 3.31. The van der Waals surface area contributed by atoms with Gasteiger partial charge in [-0.2, -0.15) is 5.26 Å². The Morgan fingerprint density at radius 2 is 1.57 bits per heavy atom. The topological polar surface area (TPSA) is 143 Å². The largest absolute Gasteiger partial charge is 0.396 e. The number of hydrogen-bond acceptors (Lipinski definition) is 8. The molecule has 0 atom stereocenters. The number of nitriles is 1. The zero-order valence-corrected chi connectivity index (χ0v) is 18.4. The second kappa shape index (κ2) is 8.28. The van der Waals surface area contributed by atoms with Crippen LogP contribution in [0.3, 0.4) is 0 Å². The first-order valence-electron chi connectivity index (χ1n) is 11.0. The molecule has 4 aromatic heterocycles. The van der Waals surface area contributed by atoms with Crippen molar-refractivity contribution in [2.45, 2.75) is 12.8 Å². The Hall–Kier alpha value is -4.66. The lowest BCUT2D eigenvalue weighted by Crippen LogP contribution is -2.05. The molecule has 0 aliphatic carbocycles. The van der Waals surface area contributed by atoms with E-state index in [0.717, 1.165) is 27.6 Å². The first-order valence-corrected chi connectivity index (χ1v) is 11.0. The molecular weight excluding hydrogens is 446 g/mol. The molecule has 0 aliphatic heterocycles. The number of benzene rings is 2. The summed E-state index contributed by atoms with van der Waals surface area (Å²) < 4.78 is 5.19. The predicted octanol–water partition coefficient (Wildman–Crippen LogP) is 1.74. The molecule has 2 N–H and O–H groups in total. The van der Waals surface area contributed by atoms with Crippen LogP contribution in [-0.2, 0) is 12.8 Å². The third-order valence-corrected chi connectivity index (χ3v) is 5.92. The van der Waals surface area contributed by atoms with E-state index in [4.69, 9.17) is 4.98 Å². The van der Waals surface area contributed by atoms with Crippen molar-refractivity contribution in [1.29, 1.82) is 5.26 Å². The zero-order chi connectivity index (χ0) is 23.9. The summed E-state index contributed by atoms with van der Waals surface area (Å²) >= 11 is 0. The van der Waals surface area contributed by atoms with Crippen LogP contribution in [0.25, 0.3) is 39.0 Å². The average Bonchev–Trinajstić information content (AvgIpc) is 3.62. The van der Waals surface area contributed by atoms with E-state index in [1.165, 1.54) is 0 Å². The van der Waals surface area contributed by atoms with Crippen molar-refractivity contribution in [3.05, 3.63) is 71.8 Å². The summed E-state index contributed by atoms with van der Waals surface area (Å²) in [5.41, 5.74) is 5.94. The number of aromatic nitrogens is 8. The summed E-state index contributed by atoms with van der Waals surface area (Å²) in [6, 6.07) is 15.8. The number of aliphatic hydroxyl groups is 2. The van der Waals surface area contributed by atoms with E-state index in [-0.39, 0.29) is 13.2 Å². The maximum Gasteiger partial charge on any atom is 0.158 e. The molecular formula is C24H19N9O2. The maximum absolute atomic E-state index is 10.2. The number of hydrogen-bond donors (Lipinski definition) is 2. The lowest BCUT2D eigenvalue weighted by atomic mass is 10.1. The molecule has 6 aromatic rings. The van der Waals surface area contributed by atoms with Crippen LogP contribution in [0, 0.1) is 11.3 Å². The van der Waals surface area contributed by atoms with Crippen LogP contribution in [0.4, 0.5) is 0 Å². The zero-order valence-electron chi connectivity index (χ0n) is 18.4. The summed E-state index contributed by atoms with van der Waals surface area (Å²) in [5, 5.41) is 46.2. The number of para-hydroxylation sites is 2. The van der Waals surface area contributed by atoms with Crippen molar-refractivity contribution in [3.63, 3.8) is 0 Å². The Kier molecular flexibility index (Phi) is 4.95. The maximum atomic E-state index is 10.2. The summed E-state index contributed by atoms with van der Waals surface area (Å²) in [5.74, 6) is 0. The average molecular weight is 465 g/mol. The molecule has 0 saturated carbocycles. The molecule has 2 aromatic carbocycles. The van der Waals surface area contributed by atoms with Gasteiger partial charge in [-0.3, -0.25) is 4.40 Å². The highest BCUT2D eigenvalue weighted by atomic mass is 16.3. The van der Waals surface area contributed by atoms with Crippen LogP contribution < -0.4 is 0 Å². The lowest BCUT2D eigenvalue weighted by molar-refractivity contribution is 0.298. The fourth-order valence-corrected chi connectivity index (χ4v) is 4.36. The van der Waals surface area contributed by atoms with Gasteiger partial charge in [0.25, 0.3) is 0 Å². The van der Waals surface area contributed by atoms with Gasteiger partial charge < -0.3 is 10.2 Å². The predicted molar refractivity (Wildman–Crippen MR) is 126 cm³/mol. The molecule has 0 aliphatic rings. The Morgan fingerprint density at radius 1 is 0.857 bits per heavy atom. The molecule has 4 heterocycles. The van der Waals surface area contributed by atoms with Gasteiger partial charge in [0.15, 0.2) is 5.65 Å². The van der Waals surface area contributed by atoms with Gasteiger partial charge in [0.1, 0.15) is 11.6 Å². The Morgan fingerprint density at radius 3 is 2.31 bits per heavy atom. The first kappa shape index (κ1) is 20.9. The van der Waals surface area contributed by atoms with Crippen molar-refractivity contribution in [1.82, 2.24) is 39.4 Å². The quantitative estimate of drug-likeness (QED) is 0.379. The third-order valence-electron chi connectivity index (χ3n) is 5.92. The van der Waals surface area contributed by atoms with E-state index in [0.29, 0.717) is 41.1 Å². The minimum Gasteiger partial charge on any atom is -0.396 e. The minimum atomic E-state index is -0.0469. The van der Waals surface area contributed by atoms with Gasteiger partial charge >= 0.3 is 0 Å². The number of imidazole rings is 1. The molecule has 11 nitrogen and oxygen atoms in total. The summed E-state index contributed by atoms with van der Waals surface area (Å²) in [6.45, 7) is -0.0523. The number of rotatable bonds is 6. The molecule has 35 heavy (non-hydrogen) atoms. The van der Waals surface area contributed by atoms with Gasteiger partial charge in [-0.15, -0.1) is 10.2 Å². The Labute approximate surface area is 198 Å². The monoisotopic (exact) mass is 465 g/mol. The fourth-order valence-electron chi connectivity index (χ4n) is 4.36. The Bertz CT molecular complexity index is 1760. The highest BCUT2D eigenvalue weighted by molar-refractivity contribution is 5.99. The molecule has 11 heteroatoms. The molecule has 0 radical (unpaired) electrons. The first-order chi connectivity index (χ1) is 17.2. The number of fused-ring (bicyclic) bond motifs is 5. The summed E-state index contributed by atoms with van der Waals surface area (Å²) in [6.07, 6.45) is 4.28. The van der Waals surface area contributed by atoms with Gasteiger partial charge in [0.2, 0.25) is 0 Å². The van der Waals surface area contributed by atoms with E-state index in [1.807, 2.05) is 46.9 Å².